The second kappa shape index (κ2) is 8.52. The topological polar surface area (TPSA) is 57.4 Å². The third kappa shape index (κ3) is 4.16. The van der Waals surface area contributed by atoms with Gasteiger partial charge in [-0.15, -0.1) is 0 Å². The molecule has 0 saturated carbocycles. The summed E-state index contributed by atoms with van der Waals surface area (Å²) in [5, 5.41) is 0. The largest absolute Gasteiger partial charge is 0.338 e. The van der Waals surface area contributed by atoms with E-state index in [1.165, 1.54) is 11.1 Å². The first-order valence-electron chi connectivity index (χ1n) is 10.7. The Morgan fingerprint density at radius 3 is 1.31 bits per heavy atom. The van der Waals surface area contributed by atoms with Crippen LogP contribution < -0.4 is 0 Å². The van der Waals surface area contributed by atoms with Gasteiger partial charge in [0.1, 0.15) is 11.6 Å². The Balaban J connectivity index is 0.000000135. The van der Waals surface area contributed by atoms with E-state index in [-0.39, 0.29) is 0 Å². The molecule has 0 amide bonds. The standard InChI is InChI=1S/2C14H12N2/c2*1-10-7-8-12-13(9-10)16-14(15-12)11-5-3-2-4-6-11/h2*2-9H,1H3,(H,15,16). The van der Waals surface area contributed by atoms with Crippen LogP contribution in [0.3, 0.4) is 0 Å². The molecule has 2 heterocycles. The van der Waals surface area contributed by atoms with Crippen LogP contribution in [-0.2, 0) is 0 Å². The lowest BCUT2D eigenvalue weighted by Gasteiger charge is -1.93. The van der Waals surface area contributed by atoms with Crippen molar-refractivity contribution in [2.75, 3.05) is 0 Å². The summed E-state index contributed by atoms with van der Waals surface area (Å²) in [6.45, 7) is 4.17. The van der Waals surface area contributed by atoms with E-state index in [1.807, 2.05) is 48.5 Å². The number of nitrogens with zero attached hydrogens (tertiary/aromatic N) is 2. The van der Waals surface area contributed by atoms with Gasteiger partial charge in [0.05, 0.1) is 22.1 Å². The number of imidazole rings is 2. The van der Waals surface area contributed by atoms with Crippen LogP contribution in [0.5, 0.6) is 0 Å². The van der Waals surface area contributed by atoms with Crippen LogP contribution in [-0.4, -0.2) is 19.9 Å². The first-order chi connectivity index (χ1) is 15.7. The predicted octanol–water partition coefficient (Wildman–Crippen LogP) is 7.08. The molecule has 0 fully saturated rings. The second-order valence-electron chi connectivity index (χ2n) is 7.94. The van der Waals surface area contributed by atoms with Gasteiger partial charge in [-0.25, -0.2) is 9.97 Å². The fourth-order valence-electron chi connectivity index (χ4n) is 3.71. The molecular weight excluding hydrogens is 392 g/mol. The molecule has 0 aliphatic carbocycles. The van der Waals surface area contributed by atoms with Crippen molar-refractivity contribution in [3.63, 3.8) is 0 Å². The molecule has 4 aromatic carbocycles. The van der Waals surface area contributed by atoms with Crippen molar-refractivity contribution < 1.29 is 0 Å². The van der Waals surface area contributed by atoms with Gasteiger partial charge in [0.25, 0.3) is 0 Å². The van der Waals surface area contributed by atoms with Crippen molar-refractivity contribution in [3.8, 4) is 22.8 Å². The van der Waals surface area contributed by atoms with Gasteiger partial charge in [-0.1, -0.05) is 72.8 Å². The van der Waals surface area contributed by atoms with Gasteiger partial charge in [-0.05, 0) is 49.2 Å². The molecule has 0 aliphatic rings. The molecule has 0 bridgehead atoms. The van der Waals surface area contributed by atoms with E-state index in [9.17, 15) is 0 Å². The van der Waals surface area contributed by atoms with Crippen LogP contribution in [0.4, 0.5) is 0 Å². The zero-order valence-corrected chi connectivity index (χ0v) is 18.1. The van der Waals surface area contributed by atoms with E-state index < -0.39 is 0 Å². The number of aryl methyl sites for hydroxylation is 2. The highest BCUT2D eigenvalue weighted by atomic mass is 14.9. The van der Waals surface area contributed by atoms with Gasteiger partial charge in [-0.3, -0.25) is 0 Å². The molecule has 0 unspecified atom stereocenters. The number of H-pyrrole nitrogens is 2. The number of rotatable bonds is 2. The SMILES string of the molecule is Cc1ccc2nc(-c3ccccc3)[nH]c2c1.Cc1ccc2nc(-c3ccccc3)[nH]c2c1. The number of nitrogens with one attached hydrogen (secondary N) is 2. The highest BCUT2D eigenvalue weighted by molar-refractivity contribution is 5.80. The molecule has 0 radical (unpaired) electrons. The van der Waals surface area contributed by atoms with Gasteiger partial charge in [0.15, 0.2) is 0 Å². The van der Waals surface area contributed by atoms with Crippen LogP contribution in [0, 0.1) is 13.8 Å². The van der Waals surface area contributed by atoms with Crippen molar-refractivity contribution in [2.24, 2.45) is 0 Å². The first kappa shape index (κ1) is 19.8. The lowest BCUT2D eigenvalue weighted by atomic mass is 10.2. The molecule has 4 heteroatoms. The van der Waals surface area contributed by atoms with Crippen molar-refractivity contribution in [2.45, 2.75) is 13.8 Å². The summed E-state index contributed by atoms with van der Waals surface area (Å²) in [7, 11) is 0. The van der Waals surface area contributed by atoms with Crippen molar-refractivity contribution in [1.29, 1.82) is 0 Å². The second-order valence-corrected chi connectivity index (χ2v) is 7.94. The number of hydrogen-bond donors (Lipinski definition) is 2. The van der Waals surface area contributed by atoms with Crippen molar-refractivity contribution in [1.82, 2.24) is 19.9 Å². The number of fused-ring (bicyclic) bond motifs is 2. The molecule has 2 aromatic heterocycles. The summed E-state index contributed by atoms with van der Waals surface area (Å²) in [6.07, 6.45) is 0. The van der Waals surface area contributed by atoms with Crippen LogP contribution in [0.25, 0.3) is 44.8 Å². The van der Waals surface area contributed by atoms with Gasteiger partial charge in [-0.2, -0.15) is 0 Å². The van der Waals surface area contributed by atoms with Crippen LogP contribution in [0.15, 0.2) is 97.1 Å². The maximum atomic E-state index is 4.57. The smallest absolute Gasteiger partial charge is 0.138 e. The molecule has 4 nitrogen and oxygen atoms in total. The van der Waals surface area contributed by atoms with E-state index in [2.05, 4.69) is 82.3 Å². The quantitative estimate of drug-likeness (QED) is 0.317. The molecule has 0 spiro atoms. The molecule has 32 heavy (non-hydrogen) atoms. The summed E-state index contributed by atoms with van der Waals surface area (Å²) >= 11 is 0. The van der Waals surface area contributed by atoms with Crippen molar-refractivity contribution >= 4 is 22.1 Å². The fraction of sp³-hybridized carbons (Fsp3) is 0.0714. The van der Waals surface area contributed by atoms with E-state index in [0.29, 0.717) is 0 Å². The van der Waals surface area contributed by atoms with E-state index in [0.717, 1.165) is 44.8 Å². The first-order valence-corrected chi connectivity index (χ1v) is 10.7. The Labute approximate surface area is 187 Å². The molecule has 0 aliphatic heterocycles. The van der Waals surface area contributed by atoms with Gasteiger partial charge >= 0.3 is 0 Å². The van der Waals surface area contributed by atoms with Gasteiger partial charge in [0, 0.05) is 11.1 Å². The third-order valence-corrected chi connectivity index (χ3v) is 5.37. The van der Waals surface area contributed by atoms with E-state index in [4.69, 9.17) is 0 Å². The summed E-state index contributed by atoms with van der Waals surface area (Å²) in [4.78, 5) is 15.8. The fourth-order valence-corrected chi connectivity index (χ4v) is 3.71. The number of benzene rings is 4. The Kier molecular flexibility index (Phi) is 5.26. The van der Waals surface area contributed by atoms with Crippen LogP contribution in [0.1, 0.15) is 11.1 Å². The summed E-state index contributed by atoms with van der Waals surface area (Å²) in [5.74, 6) is 1.86. The molecule has 0 atom stereocenters. The zero-order valence-electron chi connectivity index (χ0n) is 18.1. The summed E-state index contributed by atoms with van der Waals surface area (Å²) < 4.78 is 0. The molecule has 6 rings (SSSR count). The lowest BCUT2D eigenvalue weighted by molar-refractivity contribution is 1.34. The average Bonchev–Trinajstić information content (AvgIpc) is 3.44. The summed E-state index contributed by atoms with van der Waals surface area (Å²) in [5.41, 5.74) is 8.96. The number of hydrogen-bond acceptors (Lipinski definition) is 2. The molecule has 2 N–H and O–H groups in total. The monoisotopic (exact) mass is 416 g/mol. The Bertz CT molecular complexity index is 1360. The Morgan fingerprint density at radius 2 is 0.906 bits per heavy atom. The Morgan fingerprint density at radius 1 is 0.500 bits per heavy atom. The summed E-state index contributed by atoms with van der Waals surface area (Å²) in [6, 6.07) is 32.8. The zero-order chi connectivity index (χ0) is 21.9. The molecule has 6 aromatic rings. The van der Waals surface area contributed by atoms with Crippen molar-refractivity contribution in [3.05, 3.63) is 108 Å². The minimum atomic E-state index is 0.932. The maximum Gasteiger partial charge on any atom is 0.138 e. The van der Waals surface area contributed by atoms with Crippen LogP contribution >= 0.6 is 0 Å². The van der Waals surface area contributed by atoms with E-state index in [1.54, 1.807) is 0 Å². The average molecular weight is 417 g/mol. The number of aromatic nitrogens is 4. The highest BCUT2D eigenvalue weighted by Crippen LogP contribution is 2.21. The maximum absolute atomic E-state index is 4.57. The predicted molar refractivity (Wildman–Crippen MR) is 133 cm³/mol. The minimum absolute atomic E-state index is 0.932. The van der Waals surface area contributed by atoms with E-state index >= 15 is 0 Å². The number of aromatic amines is 2. The van der Waals surface area contributed by atoms with Crippen LogP contribution in [0.2, 0.25) is 0 Å². The normalized spacial score (nSPS) is 10.8. The molecule has 0 saturated heterocycles. The molecular formula is C28H24N4. The minimum Gasteiger partial charge on any atom is -0.338 e. The van der Waals surface area contributed by atoms with Gasteiger partial charge < -0.3 is 9.97 Å². The highest BCUT2D eigenvalue weighted by Gasteiger charge is 2.05. The van der Waals surface area contributed by atoms with Gasteiger partial charge in [0.2, 0.25) is 0 Å². The molecule has 156 valence electrons. The third-order valence-electron chi connectivity index (χ3n) is 5.37. The Hall–Kier alpha value is -4.18. The lowest BCUT2D eigenvalue weighted by Crippen LogP contribution is -1.77.